The third-order valence-corrected chi connectivity index (χ3v) is 4.40. The first-order valence-corrected chi connectivity index (χ1v) is 7.03. The summed E-state index contributed by atoms with van der Waals surface area (Å²) in [7, 11) is 0. The summed E-state index contributed by atoms with van der Waals surface area (Å²) in [5.74, 6) is 1.47. The van der Waals surface area contributed by atoms with Crippen molar-refractivity contribution < 1.29 is 4.79 Å². The van der Waals surface area contributed by atoms with Crippen LogP contribution >= 0.6 is 11.6 Å². The van der Waals surface area contributed by atoms with Crippen LogP contribution in [0.2, 0.25) is 0 Å². The van der Waals surface area contributed by atoms with Crippen molar-refractivity contribution in [3.8, 4) is 0 Å². The standard InChI is InChI=1S/C13H22ClNO/c1-10-4-6-11(7-5-10)13(16)15-8-2-3-12(14)9-15/h10-12H,2-9H2,1H3. The molecule has 2 rings (SSSR count). The number of alkyl halides is 1. The summed E-state index contributed by atoms with van der Waals surface area (Å²) in [6.45, 7) is 3.98. The van der Waals surface area contributed by atoms with Crippen LogP contribution in [-0.2, 0) is 4.79 Å². The highest BCUT2D eigenvalue weighted by Crippen LogP contribution is 2.30. The van der Waals surface area contributed by atoms with Crippen molar-refractivity contribution in [1.82, 2.24) is 4.90 Å². The number of halogens is 1. The predicted octanol–water partition coefficient (Wildman–Crippen LogP) is 3.04. The molecule has 92 valence electrons. The maximum Gasteiger partial charge on any atom is 0.225 e. The van der Waals surface area contributed by atoms with Gasteiger partial charge in [0.25, 0.3) is 0 Å². The molecule has 0 aromatic rings. The van der Waals surface area contributed by atoms with E-state index in [-0.39, 0.29) is 11.3 Å². The van der Waals surface area contributed by atoms with Gasteiger partial charge in [-0.25, -0.2) is 0 Å². The molecule has 1 saturated heterocycles. The van der Waals surface area contributed by atoms with Gasteiger partial charge in [0.2, 0.25) is 5.91 Å². The molecule has 0 aromatic carbocycles. The number of nitrogens with zero attached hydrogens (tertiary/aromatic N) is 1. The molecule has 2 aliphatic rings. The minimum atomic E-state index is 0.181. The molecule has 2 fully saturated rings. The lowest BCUT2D eigenvalue weighted by Crippen LogP contribution is -2.44. The Balaban J connectivity index is 1.86. The van der Waals surface area contributed by atoms with Gasteiger partial charge in [-0.3, -0.25) is 4.79 Å². The van der Waals surface area contributed by atoms with Crippen LogP contribution in [-0.4, -0.2) is 29.3 Å². The van der Waals surface area contributed by atoms with Crippen LogP contribution in [0, 0.1) is 11.8 Å². The Bertz CT molecular complexity index is 248. The molecule has 0 N–H and O–H groups in total. The van der Waals surface area contributed by atoms with E-state index >= 15 is 0 Å². The highest BCUT2D eigenvalue weighted by Gasteiger charge is 2.30. The summed E-state index contributed by atoms with van der Waals surface area (Å²) in [4.78, 5) is 14.3. The minimum absolute atomic E-state index is 0.181. The van der Waals surface area contributed by atoms with Crippen LogP contribution in [0.15, 0.2) is 0 Å². The second-order valence-corrected chi connectivity index (χ2v) is 6.10. The molecule has 1 unspecified atom stereocenters. The van der Waals surface area contributed by atoms with E-state index in [0.717, 1.165) is 44.7 Å². The molecule has 1 amide bonds. The van der Waals surface area contributed by atoms with Gasteiger partial charge in [0, 0.05) is 19.0 Å². The maximum atomic E-state index is 12.3. The van der Waals surface area contributed by atoms with Crippen LogP contribution in [0.25, 0.3) is 0 Å². The van der Waals surface area contributed by atoms with Gasteiger partial charge in [-0.15, -0.1) is 11.6 Å². The minimum Gasteiger partial charge on any atom is -0.341 e. The van der Waals surface area contributed by atoms with Crippen molar-refractivity contribution in [2.24, 2.45) is 11.8 Å². The molecule has 16 heavy (non-hydrogen) atoms. The van der Waals surface area contributed by atoms with Crippen LogP contribution in [0.1, 0.15) is 45.4 Å². The largest absolute Gasteiger partial charge is 0.341 e. The molecular formula is C13H22ClNO. The SMILES string of the molecule is CC1CCC(C(=O)N2CCCC(Cl)C2)CC1. The fourth-order valence-corrected chi connectivity index (χ4v) is 3.21. The van der Waals surface area contributed by atoms with E-state index in [1.54, 1.807) is 0 Å². The Morgan fingerprint density at radius 2 is 1.88 bits per heavy atom. The van der Waals surface area contributed by atoms with Gasteiger partial charge in [0.15, 0.2) is 0 Å². The van der Waals surface area contributed by atoms with Crippen LogP contribution in [0.5, 0.6) is 0 Å². The van der Waals surface area contributed by atoms with Gasteiger partial charge in [0.1, 0.15) is 0 Å². The quantitative estimate of drug-likeness (QED) is 0.649. The number of carbonyl (C=O) groups excluding carboxylic acids is 1. The van der Waals surface area contributed by atoms with Gasteiger partial charge in [-0.05, 0) is 44.4 Å². The Morgan fingerprint density at radius 3 is 2.50 bits per heavy atom. The summed E-state index contributed by atoms with van der Waals surface area (Å²) < 4.78 is 0. The van der Waals surface area contributed by atoms with Crippen LogP contribution in [0.3, 0.4) is 0 Å². The van der Waals surface area contributed by atoms with E-state index < -0.39 is 0 Å². The first-order valence-electron chi connectivity index (χ1n) is 6.59. The molecule has 1 aliphatic heterocycles. The van der Waals surface area contributed by atoms with E-state index in [1.165, 1.54) is 12.8 Å². The summed E-state index contributed by atoms with van der Waals surface area (Å²) in [6, 6.07) is 0. The van der Waals surface area contributed by atoms with Crippen molar-refractivity contribution in [3.63, 3.8) is 0 Å². The lowest BCUT2D eigenvalue weighted by Gasteiger charge is -2.34. The normalized spacial score (nSPS) is 36.1. The lowest BCUT2D eigenvalue weighted by molar-refractivity contribution is -0.137. The van der Waals surface area contributed by atoms with Crippen molar-refractivity contribution in [2.45, 2.75) is 50.8 Å². The second-order valence-electron chi connectivity index (χ2n) is 5.48. The molecule has 0 bridgehead atoms. The van der Waals surface area contributed by atoms with E-state index in [0.29, 0.717) is 5.91 Å². The highest BCUT2D eigenvalue weighted by molar-refractivity contribution is 6.20. The Kier molecular flexibility index (Phi) is 4.12. The predicted molar refractivity (Wildman–Crippen MR) is 66.6 cm³/mol. The Hall–Kier alpha value is -0.240. The number of rotatable bonds is 1. The van der Waals surface area contributed by atoms with Crippen LogP contribution in [0.4, 0.5) is 0 Å². The molecule has 0 aromatic heterocycles. The van der Waals surface area contributed by atoms with Crippen molar-refractivity contribution in [3.05, 3.63) is 0 Å². The zero-order chi connectivity index (χ0) is 11.5. The molecule has 3 heteroatoms. The fourth-order valence-electron chi connectivity index (χ4n) is 2.89. The Morgan fingerprint density at radius 1 is 1.19 bits per heavy atom. The monoisotopic (exact) mass is 243 g/mol. The molecule has 0 spiro atoms. The molecule has 1 saturated carbocycles. The number of likely N-dealkylation sites (tertiary alicyclic amines) is 1. The first kappa shape index (κ1) is 12.2. The summed E-state index contributed by atoms with van der Waals surface area (Å²) in [5, 5.41) is 0.181. The van der Waals surface area contributed by atoms with Gasteiger partial charge in [-0.2, -0.15) is 0 Å². The van der Waals surface area contributed by atoms with Gasteiger partial charge in [0.05, 0.1) is 5.38 Å². The zero-order valence-electron chi connectivity index (χ0n) is 10.1. The number of hydrogen-bond acceptors (Lipinski definition) is 1. The van der Waals surface area contributed by atoms with E-state index in [4.69, 9.17) is 11.6 Å². The molecule has 1 atom stereocenters. The average molecular weight is 244 g/mol. The van der Waals surface area contributed by atoms with Gasteiger partial charge >= 0.3 is 0 Å². The summed E-state index contributed by atoms with van der Waals surface area (Å²) >= 11 is 6.12. The topological polar surface area (TPSA) is 20.3 Å². The smallest absolute Gasteiger partial charge is 0.225 e. The highest BCUT2D eigenvalue weighted by atomic mass is 35.5. The zero-order valence-corrected chi connectivity index (χ0v) is 10.9. The summed E-state index contributed by atoms with van der Waals surface area (Å²) in [6.07, 6.45) is 6.74. The second kappa shape index (κ2) is 5.39. The number of carbonyl (C=O) groups is 1. The molecular weight excluding hydrogens is 222 g/mol. The van der Waals surface area contributed by atoms with Gasteiger partial charge < -0.3 is 4.90 Å². The van der Waals surface area contributed by atoms with E-state index in [9.17, 15) is 4.79 Å². The van der Waals surface area contributed by atoms with Crippen molar-refractivity contribution in [2.75, 3.05) is 13.1 Å². The summed E-state index contributed by atoms with van der Waals surface area (Å²) in [5.41, 5.74) is 0. The number of hydrogen-bond donors (Lipinski definition) is 0. The maximum absolute atomic E-state index is 12.3. The molecule has 2 nitrogen and oxygen atoms in total. The lowest BCUT2D eigenvalue weighted by atomic mass is 9.82. The van der Waals surface area contributed by atoms with Crippen molar-refractivity contribution in [1.29, 1.82) is 0 Å². The molecule has 1 heterocycles. The number of amides is 1. The first-order chi connectivity index (χ1) is 7.66. The fraction of sp³-hybridized carbons (Fsp3) is 0.923. The molecule has 0 radical (unpaired) electrons. The third-order valence-electron chi connectivity index (χ3n) is 4.04. The molecule has 1 aliphatic carbocycles. The van der Waals surface area contributed by atoms with Crippen LogP contribution < -0.4 is 0 Å². The Labute approximate surface area is 103 Å². The van der Waals surface area contributed by atoms with E-state index in [2.05, 4.69) is 6.92 Å². The average Bonchev–Trinajstić information content (AvgIpc) is 2.29. The van der Waals surface area contributed by atoms with Gasteiger partial charge in [-0.1, -0.05) is 6.92 Å². The van der Waals surface area contributed by atoms with Crippen molar-refractivity contribution >= 4 is 17.5 Å². The van der Waals surface area contributed by atoms with E-state index in [1.807, 2.05) is 4.90 Å². The third kappa shape index (κ3) is 2.91. The number of piperidine rings is 1.